The van der Waals surface area contributed by atoms with E-state index in [4.69, 9.17) is 5.11 Å². The molecule has 5 heteroatoms. The molecule has 90 valence electrons. The first-order valence-corrected chi connectivity index (χ1v) is 5.29. The van der Waals surface area contributed by atoms with Gasteiger partial charge in [-0.2, -0.15) is 0 Å². The second kappa shape index (κ2) is 4.65. The zero-order valence-electron chi connectivity index (χ0n) is 10.2. The van der Waals surface area contributed by atoms with Gasteiger partial charge in [-0.05, 0) is 27.7 Å². The molecule has 0 aromatic carbocycles. The third-order valence-electron chi connectivity index (χ3n) is 2.20. The van der Waals surface area contributed by atoms with E-state index < -0.39 is 0 Å². The summed E-state index contributed by atoms with van der Waals surface area (Å²) in [6, 6.07) is -0.371. The fourth-order valence-corrected chi connectivity index (χ4v) is 1.40. The second-order valence-corrected chi connectivity index (χ2v) is 4.87. The van der Waals surface area contributed by atoms with Crippen molar-refractivity contribution in [3.05, 3.63) is 18.2 Å². The third-order valence-corrected chi connectivity index (χ3v) is 2.20. The maximum absolute atomic E-state index is 11.9. The van der Waals surface area contributed by atoms with Gasteiger partial charge < -0.3 is 15.0 Å². The summed E-state index contributed by atoms with van der Waals surface area (Å²) in [5.74, 6) is -0.0831. The molecule has 16 heavy (non-hydrogen) atoms. The highest BCUT2D eigenvalue weighted by atomic mass is 16.3. The van der Waals surface area contributed by atoms with Crippen molar-refractivity contribution in [2.75, 3.05) is 0 Å². The van der Waals surface area contributed by atoms with Crippen LogP contribution in [0.2, 0.25) is 0 Å². The summed E-state index contributed by atoms with van der Waals surface area (Å²) in [6.07, 6.45) is 3.11. The smallest absolute Gasteiger partial charge is 0.243 e. The van der Waals surface area contributed by atoms with Gasteiger partial charge in [0.1, 0.15) is 6.04 Å². The fraction of sp³-hybridized carbons (Fsp3) is 0.636. The van der Waals surface area contributed by atoms with Gasteiger partial charge in [-0.15, -0.1) is 0 Å². The summed E-state index contributed by atoms with van der Waals surface area (Å²) in [4.78, 5) is 15.8. The second-order valence-electron chi connectivity index (χ2n) is 4.87. The van der Waals surface area contributed by atoms with Crippen LogP contribution in [-0.2, 0) is 11.4 Å². The lowest BCUT2D eigenvalue weighted by Crippen LogP contribution is -2.43. The van der Waals surface area contributed by atoms with Crippen LogP contribution in [0.5, 0.6) is 0 Å². The van der Waals surface area contributed by atoms with Crippen LogP contribution in [0.4, 0.5) is 0 Å². The lowest BCUT2D eigenvalue weighted by Gasteiger charge is -2.24. The Morgan fingerprint density at radius 2 is 2.25 bits per heavy atom. The predicted octanol–water partition coefficient (Wildman–Crippen LogP) is 0.851. The molecule has 1 rings (SSSR count). The van der Waals surface area contributed by atoms with Crippen molar-refractivity contribution < 1.29 is 9.90 Å². The minimum absolute atomic E-state index is 0.0831. The van der Waals surface area contributed by atoms with Crippen LogP contribution in [0.3, 0.4) is 0 Å². The molecule has 1 heterocycles. The van der Waals surface area contributed by atoms with Gasteiger partial charge in [-0.1, -0.05) is 0 Å². The summed E-state index contributed by atoms with van der Waals surface area (Å²) < 4.78 is 1.67. The van der Waals surface area contributed by atoms with E-state index in [1.807, 2.05) is 20.8 Å². The molecular formula is C11H19N3O2. The molecule has 0 aliphatic heterocycles. The predicted molar refractivity (Wildman–Crippen MR) is 60.8 cm³/mol. The number of aliphatic hydroxyl groups is 1. The average Bonchev–Trinajstić information content (AvgIpc) is 2.61. The number of nitrogens with one attached hydrogen (secondary N) is 1. The Bertz CT molecular complexity index is 366. The highest BCUT2D eigenvalue weighted by molar-refractivity contribution is 5.80. The third kappa shape index (κ3) is 3.06. The molecule has 2 N–H and O–H groups in total. The molecule has 1 unspecified atom stereocenters. The van der Waals surface area contributed by atoms with Gasteiger partial charge in [0, 0.05) is 5.54 Å². The van der Waals surface area contributed by atoms with E-state index in [1.165, 1.54) is 0 Å². The number of carbonyl (C=O) groups is 1. The van der Waals surface area contributed by atoms with E-state index >= 15 is 0 Å². The quantitative estimate of drug-likeness (QED) is 0.801. The van der Waals surface area contributed by atoms with Crippen molar-refractivity contribution in [1.29, 1.82) is 0 Å². The molecule has 1 atom stereocenters. The molecule has 1 aromatic heterocycles. The number of hydrogen-bond acceptors (Lipinski definition) is 3. The Morgan fingerprint density at radius 1 is 1.62 bits per heavy atom. The van der Waals surface area contributed by atoms with Crippen LogP contribution in [0.15, 0.2) is 12.5 Å². The van der Waals surface area contributed by atoms with E-state index in [0.717, 1.165) is 0 Å². The van der Waals surface area contributed by atoms with Crippen LogP contribution in [-0.4, -0.2) is 26.1 Å². The number of nitrogens with zero attached hydrogens (tertiary/aromatic N) is 2. The Balaban J connectivity index is 2.78. The molecule has 0 aliphatic carbocycles. The number of hydrogen-bond donors (Lipinski definition) is 2. The van der Waals surface area contributed by atoms with Gasteiger partial charge in [-0.25, -0.2) is 4.98 Å². The van der Waals surface area contributed by atoms with E-state index in [1.54, 1.807) is 24.0 Å². The van der Waals surface area contributed by atoms with Crippen LogP contribution in [0.25, 0.3) is 0 Å². The van der Waals surface area contributed by atoms with E-state index in [-0.39, 0.29) is 24.1 Å². The number of imidazole rings is 1. The molecule has 1 aromatic rings. The Kier molecular flexibility index (Phi) is 3.70. The zero-order chi connectivity index (χ0) is 12.3. The van der Waals surface area contributed by atoms with Crippen LogP contribution in [0, 0.1) is 0 Å². The van der Waals surface area contributed by atoms with Gasteiger partial charge in [-0.3, -0.25) is 4.79 Å². The van der Waals surface area contributed by atoms with Crippen molar-refractivity contribution in [3.63, 3.8) is 0 Å². The van der Waals surface area contributed by atoms with Crippen molar-refractivity contribution in [2.45, 2.75) is 45.9 Å². The Morgan fingerprint density at radius 3 is 2.75 bits per heavy atom. The first-order valence-electron chi connectivity index (χ1n) is 5.29. The van der Waals surface area contributed by atoms with E-state index in [0.29, 0.717) is 5.69 Å². The monoisotopic (exact) mass is 225 g/mol. The number of aromatic nitrogens is 2. The van der Waals surface area contributed by atoms with Crippen molar-refractivity contribution >= 4 is 5.91 Å². The molecule has 0 saturated carbocycles. The highest BCUT2D eigenvalue weighted by Gasteiger charge is 2.21. The SMILES string of the molecule is CC(C(=O)NC(C)(C)C)n1cncc1CO. The minimum Gasteiger partial charge on any atom is -0.390 e. The van der Waals surface area contributed by atoms with E-state index in [2.05, 4.69) is 10.3 Å². The van der Waals surface area contributed by atoms with Gasteiger partial charge in [0.25, 0.3) is 0 Å². The molecule has 0 spiro atoms. The molecule has 0 fully saturated rings. The van der Waals surface area contributed by atoms with Crippen molar-refractivity contribution in [3.8, 4) is 0 Å². The van der Waals surface area contributed by atoms with Crippen LogP contribution >= 0.6 is 0 Å². The van der Waals surface area contributed by atoms with Gasteiger partial charge in [0.15, 0.2) is 0 Å². The molecule has 0 radical (unpaired) electrons. The first-order chi connectivity index (χ1) is 7.35. The highest BCUT2D eigenvalue weighted by Crippen LogP contribution is 2.12. The standard InChI is InChI=1S/C11H19N3O2/c1-8(10(16)13-11(2,3)4)14-7-12-5-9(14)6-15/h5,7-8,15H,6H2,1-4H3,(H,13,16). The van der Waals surface area contributed by atoms with E-state index in [9.17, 15) is 4.79 Å². The van der Waals surface area contributed by atoms with Crippen LogP contribution in [0.1, 0.15) is 39.4 Å². The molecular weight excluding hydrogens is 206 g/mol. The number of rotatable bonds is 3. The Hall–Kier alpha value is -1.36. The van der Waals surface area contributed by atoms with Gasteiger partial charge in [0.2, 0.25) is 5.91 Å². The average molecular weight is 225 g/mol. The number of carbonyl (C=O) groups excluding carboxylic acids is 1. The summed E-state index contributed by atoms with van der Waals surface area (Å²) in [5.41, 5.74) is 0.377. The summed E-state index contributed by atoms with van der Waals surface area (Å²) in [6.45, 7) is 7.45. The summed E-state index contributed by atoms with van der Waals surface area (Å²) in [5, 5.41) is 12.0. The molecule has 0 aliphatic rings. The first kappa shape index (κ1) is 12.7. The maximum Gasteiger partial charge on any atom is 0.243 e. The zero-order valence-corrected chi connectivity index (χ0v) is 10.2. The Labute approximate surface area is 95.5 Å². The minimum atomic E-state index is -0.371. The topological polar surface area (TPSA) is 67.2 Å². The molecule has 0 bridgehead atoms. The lowest BCUT2D eigenvalue weighted by molar-refractivity contribution is -0.125. The van der Waals surface area contributed by atoms with Gasteiger partial charge >= 0.3 is 0 Å². The normalized spacial score (nSPS) is 13.6. The van der Waals surface area contributed by atoms with Crippen LogP contribution < -0.4 is 5.32 Å². The fourth-order valence-electron chi connectivity index (χ4n) is 1.40. The molecule has 1 amide bonds. The number of amides is 1. The molecule has 5 nitrogen and oxygen atoms in total. The summed E-state index contributed by atoms with van der Waals surface area (Å²) >= 11 is 0. The van der Waals surface area contributed by atoms with Gasteiger partial charge in [0.05, 0.1) is 24.8 Å². The largest absolute Gasteiger partial charge is 0.390 e. The van der Waals surface area contributed by atoms with Crippen molar-refractivity contribution in [2.24, 2.45) is 0 Å². The lowest BCUT2D eigenvalue weighted by atomic mass is 10.1. The number of aliphatic hydroxyl groups excluding tert-OH is 1. The van der Waals surface area contributed by atoms with Crippen molar-refractivity contribution in [1.82, 2.24) is 14.9 Å². The summed E-state index contributed by atoms with van der Waals surface area (Å²) in [7, 11) is 0. The molecule has 0 saturated heterocycles. The maximum atomic E-state index is 11.9.